The molecule has 14 heavy (non-hydrogen) atoms. The van der Waals surface area contributed by atoms with Gasteiger partial charge in [0.15, 0.2) is 5.03 Å². The summed E-state index contributed by atoms with van der Waals surface area (Å²) in [6.45, 7) is 0.108. The summed E-state index contributed by atoms with van der Waals surface area (Å²) in [5.74, 6) is -0.0580. The lowest BCUT2D eigenvalue weighted by atomic mass is 10.4. The van der Waals surface area contributed by atoms with E-state index in [-0.39, 0.29) is 23.8 Å². The first kappa shape index (κ1) is 10.7. The molecule has 0 saturated carbocycles. The molecule has 0 saturated heterocycles. The summed E-state index contributed by atoms with van der Waals surface area (Å²) < 4.78 is 25.0. The molecule has 78 valence electrons. The van der Waals surface area contributed by atoms with Gasteiger partial charge in [0, 0.05) is 13.0 Å². The number of nitrogens with zero attached hydrogens (tertiary/aromatic N) is 1. The van der Waals surface area contributed by atoms with Crippen molar-refractivity contribution in [2.45, 2.75) is 11.4 Å². The van der Waals surface area contributed by atoms with Crippen molar-refractivity contribution in [2.75, 3.05) is 6.54 Å². The molecule has 0 fully saturated rings. The fourth-order valence-corrected chi connectivity index (χ4v) is 1.72. The summed E-state index contributed by atoms with van der Waals surface area (Å²) in [6.07, 6.45) is 2.67. The van der Waals surface area contributed by atoms with E-state index in [1.165, 1.54) is 12.5 Å². The topological polar surface area (TPSA) is 125 Å². The van der Waals surface area contributed by atoms with E-state index in [0.29, 0.717) is 0 Å². The van der Waals surface area contributed by atoms with Crippen molar-refractivity contribution in [3.63, 3.8) is 0 Å². The molecule has 1 heterocycles. The van der Waals surface area contributed by atoms with Crippen LogP contribution in [0.3, 0.4) is 0 Å². The minimum Gasteiger partial charge on any atom is -0.388 e. The molecular formula is C6H11N5O2S. The summed E-state index contributed by atoms with van der Waals surface area (Å²) >= 11 is 0. The van der Waals surface area contributed by atoms with Gasteiger partial charge < -0.3 is 10.7 Å². The van der Waals surface area contributed by atoms with Gasteiger partial charge in [0.25, 0.3) is 10.0 Å². The Hall–Kier alpha value is -1.41. The second kappa shape index (κ2) is 4.20. The predicted octanol–water partition coefficient (Wildman–Crippen LogP) is -0.986. The molecule has 0 aliphatic heterocycles. The highest BCUT2D eigenvalue weighted by Gasteiger charge is 2.14. The average Bonchev–Trinajstić information content (AvgIpc) is 2.54. The molecule has 0 atom stereocenters. The molecule has 8 heteroatoms. The zero-order valence-corrected chi connectivity index (χ0v) is 8.13. The fraction of sp³-hybridized carbons (Fsp3) is 0.333. The van der Waals surface area contributed by atoms with Crippen molar-refractivity contribution in [2.24, 2.45) is 5.73 Å². The van der Waals surface area contributed by atoms with Gasteiger partial charge in [0.2, 0.25) is 0 Å². The van der Waals surface area contributed by atoms with Crippen LogP contribution < -0.4 is 10.5 Å². The molecule has 0 bridgehead atoms. The highest BCUT2D eigenvalue weighted by Crippen LogP contribution is 2.00. The summed E-state index contributed by atoms with van der Waals surface area (Å²) in [5.41, 5.74) is 5.07. The number of sulfonamides is 1. The fourth-order valence-electron chi connectivity index (χ4n) is 0.788. The third-order valence-electron chi connectivity index (χ3n) is 1.45. The first-order chi connectivity index (χ1) is 6.52. The number of H-pyrrole nitrogens is 1. The molecular weight excluding hydrogens is 206 g/mol. The Morgan fingerprint density at radius 1 is 1.71 bits per heavy atom. The van der Waals surface area contributed by atoms with E-state index in [0.717, 1.165) is 0 Å². The normalized spacial score (nSPS) is 11.4. The standard InChI is InChI=1S/C6H11N5O2S/c7-5(8)1-2-11-14(12,13)6-3-9-4-10-6/h3-4,11H,1-2H2,(H3,7,8)(H,9,10). The van der Waals surface area contributed by atoms with Gasteiger partial charge >= 0.3 is 0 Å². The summed E-state index contributed by atoms with van der Waals surface area (Å²) in [5, 5.41) is 6.90. The van der Waals surface area contributed by atoms with Crippen LogP contribution in [0, 0.1) is 5.41 Å². The van der Waals surface area contributed by atoms with Crippen molar-refractivity contribution >= 4 is 15.9 Å². The Kier molecular flexibility index (Phi) is 3.20. The maximum Gasteiger partial charge on any atom is 0.257 e. The van der Waals surface area contributed by atoms with Crippen LogP contribution >= 0.6 is 0 Å². The maximum absolute atomic E-state index is 11.4. The second-order valence-corrected chi connectivity index (χ2v) is 4.32. The zero-order chi connectivity index (χ0) is 10.6. The summed E-state index contributed by atoms with van der Waals surface area (Å²) in [4.78, 5) is 6.06. The van der Waals surface area contributed by atoms with Crippen LogP contribution in [0.25, 0.3) is 0 Å². The van der Waals surface area contributed by atoms with Gasteiger partial charge in [-0.15, -0.1) is 0 Å². The van der Waals surface area contributed by atoms with E-state index in [9.17, 15) is 8.42 Å². The smallest absolute Gasteiger partial charge is 0.257 e. The van der Waals surface area contributed by atoms with Crippen molar-refractivity contribution in [3.8, 4) is 0 Å². The van der Waals surface area contributed by atoms with Crippen LogP contribution in [0.4, 0.5) is 0 Å². The number of hydrogen-bond donors (Lipinski definition) is 4. The Morgan fingerprint density at radius 3 is 2.93 bits per heavy atom. The molecule has 1 aromatic rings. The molecule has 0 unspecified atom stereocenters. The average molecular weight is 217 g/mol. The third-order valence-corrected chi connectivity index (χ3v) is 2.84. The Morgan fingerprint density at radius 2 is 2.43 bits per heavy atom. The molecule has 0 aliphatic carbocycles. The molecule has 7 nitrogen and oxygen atoms in total. The van der Waals surface area contributed by atoms with Gasteiger partial charge in [0.05, 0.1) is 18.4 Å². The Bertz CT molecular complexity index is 396. The summed E-state index contributed by atoms with van der Waals surface area (Å²) in [6, 6.07) is 0. The van der Waals surface area contributed by atoms with Gasteiger partial charge in [-0.25, -0.2) is 18.1 Å². The SMILES string of the molecule is N=C(N)CCNS(=O)(=O)c1cnc[nH]1. The van der Waals surface area contributed by atoms with Gasteiger partial charge in [0.1, 0.15) is 0 Å². The van der Waals surface area contributed by atoms with Gasteiger partial charge in [-0.2, -0.15) is 0 Å². The number of rotatable bonds is 5. The molecule has 0 radical (unpaired) electrons. The van der Waals surface area contributed by atoms with Crippen LogP contribution in [0.1, 0.15) is 6.42 Å². The lowest BCUT2D eigenvalue weighted by Gasteiger charge is -2.02. The number of nitrogens with two attached hydrogens (primary N) is 1. The molecule has 0 aromatic carbocycles. The van der Waals surface area contributed by atoms with Gasteiger partial charge in [-0.3, -0.25) is 5.41 Å². The molecule has 0 spiro atoms. The number of aromatic nitrogens is 2. The highest BCUT2D eigenvalue weighted by molar-refractivity contribution is 7.89. The van der Waals surface area contributed by atoms with E-state index in [4.69, 9.17) is 11.1 Å². The molecule has 5 N–H and O–H groups in total. The Labute approximate surface area is 81.3 Å². The van der Waals surface area contributed by atoms with E-state index in [2.05, 4.69) is 14.7 Å². The maximum atomic E-state index is 11.4. The van der Waals surface area contributed by atoms with Crippen LogP contribution in [-0.4, -0.2) is 30.8 Å². The van der Waals surface area contributed by atoms with E-state index >= 15 is 0 Å². The van der Waals surface area contributed by atoms with E-state index in [1.807, 2.05) is 0 Å². The molecule has 1 aromatic heterocycles. The zero-order valence-electron chi connectivity index (χ0n) is 7.32. The quantitative estimate of drug-likeness (QED) is 0.373. The first-order valence-electron chi connectivity index (χ1n) is 3.83. The number of nitrogens with one attached hydrogen (secondary N) is 3. The van der Waals surface area contributed by atoms with E-state index in [1.54, 1.807) is 0 Å². The molecule has 0 amide bonds. The predicted molar refractivity (Wildman–Crippen MR) is 50.3 cm³/mol. The third kappa shape index (κ3) is 2.82. The number of imidazole rings is 1. The van der Waals surface area contributed by atoms with Crippen molar-refractivity contribution in [3.05, 3.63) is 12.5 Å². The largest absolute Gasteiger partial charge is 0.388 e. The van der Waals surface area contributed by atoms with Gasteiger partial charge in [-0.05, 0) is 0 Å². The monoisotopic (exact) mass is 217 g/mol. The Balaban J connectivity index is 2.56. The van der Waals surface area contributed by atoms with Crippen LogP contribution in [0.15, 0.2) is 17.6 Å². The first-order valence-corrected chi connectivity index (χ1v) is 5.31. The van der Waals surface area contributed by atoms with Crippen LogP contribution in [0.2, 0.25) is 0 Å². The highest BCUT2D eigenvalue weighted by atomic mass is 32.2. The lowest BCUT2D eigenvalue weighted by molar-refractivity contribution is 0.579. The van der Waals surface area contributed by atoms with Crippen molar-refractivity contribution in [1.82, 2.24) is 14.7 Å². The lowest BCUT2D eigenvalue weighted by Crippen LogP contribution is -2.28. The number of aromatic amines is 1. The van der Waals surface area contributed by atoms with E-state index < -0.39 is 10.0 Å². The number of hydrogen-bond acceptors (Lipinski definition) is 4. The van der Waals surface area contributed by atoms with Crippen molar-refractivity contribution < 1.29 is 8.42 Å². The second-order valence-electron chi connectivity index (χ2n) is 2.59. The molecule has 0 aliphatic rings. The molecule has 1 rings (SSSR count). The van der Waals surface area contributed by atoms with Crippen molar-refractivity contribution in [1.29, 1.82) is 5.41 Å². The van der Waals surface area contributed by atoms with Crippen LogP contribution in [0.5, 0.6) is 0 Å². The minimum atomic E-state index is -3.53. The van der Waals surface area contributed by atoms with Crippen LogP contribution in [-0.2, 0) is 10.0 Å². The summed E-state index contributed by atoms with van der Waals surface area (Å²) in [7, 11) is -3.53. The minimum absolute atomic E-state index is 0.000974. The number of amidine groups is 1. The van der Waals surface area contributed by atoms with Gasteiger partial charge in [-0.1, -0.05) is 0 Å².